The van der Waals surface area contributed by atoms with E-state index in [4.69, 9.17) is 4.74 Å². The minimum Gasteiger partial charge on any atom is -0.394 e. The number of amides is 3. The summed E-state index contributed by atoms with van der Waals surface area (Å²) in [5, 5.41) is 25.7. The fraction of sp³-hybridized carbons (Fsp3) is 0.395. The number of hydrogen-bond donors (Lipinski definition) is 3. The molecule has 272 valence electrons. The number of ether oxygens (including phenoxy) is 1. The van der Waals surface area contributed by atoms with Gasteiger partial charge in [0.2, 0.25) is 20.2 Å². The highest BCUT2D eigenvalue weighted by Gasteiger charge is 2.67. The quantitative estimate of drug-likeness (QED) is 0.0788. The number of anilines is 2. The Morgan fingerprint density at radius 1 is 1.15 bits per heavy atom. The standard InChI is InChI=1S/C38H42FN5O7Si/c1-23-36(52(2,3)39)33(19-35(47)42-15-7-10-28(42)22-45)51-38(23)30-18-27(44(49)50)13-14-32(30)43(37(38)48)21-24-8-6-9-26(16-24)41-34(46)17-25-20-40-31-12-5-4-11-29(25)31/h4-6,8-9,11-14,16,18,20,23,28,33,36,40,45H,7,10,15,17,19,21-22H2,1-3H3,(H,41,46)/t23-,28-,33+,36-,38+/m0/s1. The number of hydrogen-bond acceptors (Lipinski definition) is 7. The van der Waals surface area contributed by atoms with E-state index >= 15 is 4.11 Å². The van der Waals surface area contributed by atoms with Crippen LogP contribution >= 0.6 is 0 Å². The van der Waals surface area contributed by atoms with Crippen molar-refractivity contribution in [2.24, 2.45) is 5.92 Å². The lowest BCUT2D eigenvalue weighted by atomic mass is 9.82. The van der Waals surface area contributed by atoms with Crippen LogP contribution in [0.25, 0.3) is 10.9 Å². The van der Waals surface area contributed by atoms with Crippen LogP contribution in [0.4, 0.5) is 21.2 Å². The first kappa shape index (κ1) is 35.5. The van der Waals surface area contributed by atoms with Crippen LogP contribution in [0, 0.1) is 16.0 Å². The van der Waals surface area contributed by atoms with E-state index in [1.165, 1.54) is 36.2 Å². The van der Waals surface area contributed by atoms with Gasteiger partial charge in [-0.1, -0.05) is 37.3 Å². The maximum Gasteiger partial charge on any atom is 0.269 e. The Bertz CT molecular complexity index is 2070. The van der Waals surface area contributed by atoms with Gasteiger partial charge in [-0.15, -0.1) is 0 Å². The minimum absolute atomic E-state index is 0.0459. The topological polar surface area (TPSA) is 158 Å². The normalized spacial score (nSPS) is 24.2. The van der Waals surface area contributed by atoms with Crippen molar-refractivity contribution in [2.75, 3.05) is 23.4 Å². The Morgan fingerprint density at radius 2 is 1.94 bits per heavy atom. The van der Waals surface area contributed by atoms with Crippen molar-refractivity contribution in [1.29, 1.82) is 0 Å². The molecule has 12 nitrogen and oxygen atoms in total. The number of halogens is 1. The number of nitrogens with one attached hydrogen (secondary N) is 2. The third kappa shape index (κ3) is 6.18. The van der Waals surface area contributed by atoms with Gasteiger partial charge < -0.3 is 34.1 Å². The van der Waals surface area contributed by atoms with Gasteiger partial charge in [-0.25, -0.2) is 0 Å². The third-order valence-corrected chi connectivity index (χ3v) is 13.5. The molecule has 7 rings (SSSR count). The molecule has 3 amide bonds. The van der Waals surface area contributed by atoms with Crippen molar-refractivity contribution in [3.63, 3.8) is 0 Å². The number of likely N-dealkylation sites (tertiary alicyclic amines) is 1. The molecule has 0 unspecified atom stereocenters. The predicted molar refractivity (Wildman–Crippen MR) is 196 cm³/mol. The van der Waals surface area contributed by atoms with Crippen molar-refractivity contribution in [1.82, 2.24) is 9.88 Å². The van der Waals surface area contributed by atoms with Gasteiger partial charge in [0.1, 0.15) is 0 Å². The highest BCUT2D eigenvalue weighted by atomic mass is 28.4. The molecule has 3 aliphatic heterocycles. The van der Waals surface area contributed by atoms with Crippen molar-refractivity contribution >= 4 is 54.1 Å². The second-order valence-electron chi connectivity index (χ2n) is 14.7. The summed E-state index contributed by atoms with van der Waals surface area (Å²) in [5.41, 5.74) is 0.908. The number of aliphatic hydroxyl groups is 1. The number of nitrogens with zero attached hydrogens (tertiary/aromatic N) is 3. The molecular weight excluding hydrogens is 686 g/mol. The van der Waals surface area contributed by atoms with Crippen LogP contribution in [0.1, 0.15) is 42.9 Å². The average molecular weight is 728 g/mol. The molecule has 3 N–H and O–H groups in total. The van der Waals surface area contributed by atoms with E-state index in [2.05, 4.69) is 10.3 Å². The van der Waals surface area contributed by atoms with Gasteiger partial charge >= 0.3 is 0 Å². The van der Waals surface area contributed by atoms with Gasteiger partial charge in [0.05, 0.1) is 48.7 Å². The summed E-state index contributed by atoms with van der Waals surface area (Å²) >= 11 is 0. The molecule has 3 aliphatic rings. The largest absolute Gasteiger partial charge is 0.394 e. The van der Waals surface area contributed by atoms with Crippen LogP contribution in [-0.2, 0) is 37.7 Å². The van der Waals surface area contributed by atoms with Gasteiger partial charge in [0.25, 0.3) is 11.6 Å². The summed E-state index contributed by atoms with van der Waals surface area (Å²) in [5.74, 6) is -1.73. The van der Waals surface area contributed by atoms with Gasteiger partial charge in [-0.2, -0.15) is 0 Å². The van der Waals surface area contributed by atoms with Crippen molar-refractivity contribution in [3.8, 4) is 0 Å². The van der Waals surface area contributed by atoms with Crippen molar-refractivity contribution in [2.45, 2.75) is 75.5 Å². The molecule has 4 heterocycles. The number of aliphatic hydroxyl groups excluding tert-OH is 1. The number of para-hydroxylation sites is 1. The number of H-pyrrole nitrogens is 1. The summed E-state index contributed by atoms with van der Waals surface area (Å²) < 4.78 is 23.0. The number of nitro groups is 1. The van der Waals surface area contributed by atoms with E-state index < -0.39 is 42.4 Å². The molecule has 52 heavy (non-hydrogen) atoms. The number of benzene rings is 3. The number of nitro benzene ring substituents is 1. The molecule has 5 atom stereocenters. The molecule has 2 saturated heterocycles. The smallest absolute Gasteiger partial charge is 0.269 e. The number of aromatic amines is 1. The van der Waals surface area contributed by atoms with Gasteiger partial charge in [0.15, 0.2) is 5.60 Å². The highest BCUT2D eigenvalue weighted by Crippen LogP contribution is 2.60. The monoisotopic (exact) mass is 727 g/mol. The van der Waals surface area contributed by atoms with Crippen LogP contribution in [0.3, 0.4) is 0 Å². The summed E-state index contributed by atoms with van der Waals surface area (Å²) in [7, 11) is -3.61. The number of carbonyl (C=O) groups is 3. The zero-order valence-electron chi connectivity index (χ0n) is 29.3. The zero-order chi connectivity index (χ0) is 36.9. The van der Waals surface area contributed by atoms with Gasteiger partial charge in [-0.05, 0) is 61.3 Å². The first-order valence-corrected chi connectivity index (χ1v) is 20.6. The van der Waals surface area contributed by atoms with E-state index in [9.17, 15) is 29.6 Å². The molecule has 4 aromatic rings. The van der Waals surface area contributed by atoms with E-state index in [1.807, 2.05) is 36.5 Å². The number of aromatic nitrogens is 1. The predicted octanol–water partition coefficient (Wildman–Crippen LogP) is 5.95. The SMILES string of the molecule is C[C@H]1[C@H]([Si](C)(C)F)[C@@H](CC(=O)N2CCC[C@H]2CO)O[C@]12C(=O)N(Cc1cccc(NC(=O)Cc3c[nH]c4ccccc34)c1)c1ccc([N+](=O)[O-])cc12. The summed E-state index contributed by atoms with van der Waals surface area (Å²) in [6, 6.07) is 18.7. The lowest BCUT2D eigenvalue weighted by Gasteiger charge is -2.31. The van der Waals surface area contributed by atoms with Crippen molar-refractivity contribution < 1.29 is 33.3 Å². The highest BCUT2D eigenvalue weighted by molar-refractivity contribution is 6.72. The van der Waals surface area contributed by atoms with E-state index in [0.29, 0.717) is 29.9 Å². The molecule has 2 fully saturated rings. The summed E-state index contributed by atoms with van der Waals surface area (Å²) in [4.78, 5) is 59.2. The van der Waals surface area contributed by atoms with Crippen LogP contribution in [0.2, 0.25) is 18.6 Å². The second kappa shape index (κ2) is 13.6. The van der Waals surface area contributed by atoms with E-state index in [1.54, 1.807) is 30.0 Å². The number of rotatable bonds is 10. The molecule has 0 saturated carbocycles. The van der Waals surface area contributed by atoms with Crippen LogP contribution in [0.5, 0.6) is 0 Å². The molecule has 14 heteroatoms. The molecule has 0 aliphatic carbocycles. The number of fused-ring (bicyclic) bond motifs is 3. The summed E-state index contributed by atoms with van der Waals surface area (Å²) in [6.07, 6.45) is 2.25. The van der Waals surface area contributed by atoms with Gasteiger partial charge in [0, 0.05) is 58.5 Å². The van der Waals surface area contributed by atoms with Crippen molar-refractivity contribution in [3.05, 3.63) is 99.7 Å². The van der Waals surface area contributed by atoms with Gasteiger partial charge in [-0.3, -0.25) is 24.5 Å². The Labute approximate surface area is 301 Å². The third-order valence-electron chi connectivity index (χ3n) is 11.0. The van der Waals surface area contributed by atoms with E-state index in [-0.39, 0.29) is 55.1 Å². The van der Waals surface area contributed by atoms with Crippen LogP contribution in [0.15, 0.2) is 72.9 Å². The lowest BCUT2D eigenvalue weighted by molar-refractivity contribution is -0.385. The maximum atomic E-state index is 16.3. The first-order chi connectivity index (χ1) is 24.8. The maximum absolute atomic E-state index is 16.3. The molecule has 3 aromatic carbocycles. The zero-order valence-corrected chi connectivity index (χ0v) is 30.3. The molecule has 0 radical (unpaired) electrons. The Balaban J connectivity index is 1.18. The second-order valence-corrected chi connectivity index (χ2v) is 18.5. The first-order valence-electron chi connectivity index (χ1n) is 17.6. The molecular formula is C38H42FN5O7Si. The fourth-order valence-electron chi connectivity index (χ4n) is 8.74. The number of non-ortho nitro benzene ring substituents is 1. The minimum atomic E-state index is -3.61. The molecule has 1 spiro atoms. The van der Waals surface area contributed by atoms with Crippen LogP contribution in [-0.4, -0.2) is 71.3 Å². The molecule has 1 aromatic heterocycles. The average Bonchev–Trinajstić information content (AvgIpc) is 3.86. The number of carbonyl (C=O) groups excluding carboxylic acids is 3. The Kier molecular flexibility index (Phi) is 9.26. The lowest BCUT2D eigenvalue weighted by Crippen LogP contribution is -2.45. The molecule has 0 bridgehead atoms. The van der Waals surface area contributed by atoms with E-state index in [0.717, 1.165) is 22.9 Å². The van der Waals surface area contributed by atoms with Crippen LogP contribution < -0.4 is 10.2 Å². The Morgan fingerprint density at radius 3 is 2.69 bits per heavy atom. The fourth-order valence-corrected chi connectivity index (χ4v) is 11.2. The summed E-state index contributed by atoms with van der Waals surface area (Å²) in [6.45, 7) is 5.15. The Hall–Kier alpha value is -4.92.